The Bertz CT molecular complexity index is 552. The predicted octanol–water partition coefficient (Wildman–Crippen LogP) is 1.48. The lowest BCUT2D eigenvalue weighted by Gasteiger charge is -2.09. The van der Waals surface area contributed by atoms with Gasteiger partial charge in [-0.25, -0.2) is 12.8 Å². The van der Waals surface area contributed by atoms with Gasteiger partial charge in [-0.2, -0.15) is 5.26 Å². The van der Waals surface area contributed by atoms with Crippen molar-refractivity contribution in [3.8, 4) is 6.07 Å². The molecule has 0 heterocycles. The lowest BCUT2D eigenvalue weighted by molar-refractivity contribution is 0.163. The van der Waals surface area contributed by atoms with Gasteiger partial charge in [0.15, 0.2) is 0 Å². The van der Waals surface area contributed by atoms with Crippen molar-refractivity contribution < 1.29 is 17.5 Å². The molecule has 0 fully saturated rings. The minimum Gasteiger partial charge on any atom is -0.381 e. The van der Waals surface area contributed by atoms with E-state index in [1.165, 1.54) is 6.07 Å². The minimum atomic E-state index is -3.60. The number of hydrogen-bond acceptors (Lipinski definition) is 4. The van der Waals surface area contributed by atoms with Crippen LogP contribution in [0, 0.1) is 17.1 Å². The number of ether oxygens (including phenoxy) is 1. The molecule has 0 saturated heterocycles. The summed E-state index contributed by atoms with van der Waals surface area (Å²) in [5.74, 6) is -0.813. The van der Waals surface area contributed by atoms with E-state index < -0.39 is 15.8 Å². The van der Waals surface area contributed by atoms with Crippen molar-refractivity contribution in [2.75, 3.05) is 23.7 Å². The van der Waals surface area contributed by atoms with E-state index in [4.69, 9.17) is 10.00 Å². The lowest BCUT2D eigenvalue weighted by Crippen LogP contribution is -2.20. The molecule has 1 rings (SSSR count). The van der Waals surface area contributed by atoms with E-state index in [0.29, 0.717) is 6.61 Å². The SMILES string of the molecule is CCOCCS(=O)(=O)Nc1ccc(F)cc1C#N. The third-order valence-corrected chi connectivity index (χ3v) is 3.30. The van der Waals surface area contributed by atoms with Crippen LogP contribution in [0.2, 0.25) is 0 Å². The monoisotopic (exact) mass is 272 g/mol. The Morgan fingerprint density at radius 1 is 1.50 bits per heavy atom. The molecule has 98 valence electrons. The van der Waals surface area contributed by atoms with E-state index in [1.54, 1.807) is 13.0 Å². The first-order valence-corrected chi connectivity index (χ1v) is 6.91. The molecule has 0 aliphatic rings. The molecule has 1 N–H and O–H groups in total. The molecule has 0 atom stereocenters. The minimum absolute atomic E-state index is 0.0602. The lowest BCUT2D eigenvalue weighted by atomic mass is 10.2. The Morgan fingerprint density at radius 3 is 2.83 bits per heavy atom. The second-order valence-corrected chi connectivity index (χ2v) is 5.26. The number of anilines is 1. The van der Waals surface area contributed by atoms with Crippen molar-refractivity contribution in [3.63, 3.8) is 0 Å². The van der Waals surface area contributed by atoms with E-state index in [1.807, 2.05) is 0 Å². The molecule has 0 saturated carbocycles. The van der Waals surface area contributed by atoms with Gasteiger partial charge in [-0.3, -0.25) is 4.72 Å². The second-order valence-electron chi connectivity index (χ2n) is 3.42. The van der Waals surface area contributed by atoms with Crippen molar-refractivity contribution >= 4 is 15.7 Å². The van der Waals surface area contributed by atoms with Crippen LogP contribution in [-0.2, 0) is 14.8 Å². The van der Waals surface area contributed by atoms with Crippen molar-refractivity contribution in [3.05, 3.63) is 29.6 Å². The number of benzene rings is 1. The summed E-state index contributed by atoms with van der Waals surface area (Å²) >= 11 is 0. The van der Waals surface area contributed by atoms with Gasteiger partial charge in [0.1, 0.15) is 11.9 Å². The molecule has 0 bridgehead atoms. The van der Waals surface area contributed by atoms with Crippen LogP contribution >= 0.6 is 0 Å². The smallest absolute Gasteiger partial charge is 0.235 e. The maximum Gasteiger partial charge on any atom is 0.235 e. The number of sulfonamides is 1. The van der Waals surface area contributed by atoms with Gasteiger partial charge < -0.3 is 4.74 Å². The Morgan fingerprint density at radius 2 is 2.22 bits per heavy atom. The van der Waals surface area contributed by atoms with Gasteiger partial charge in [0, 0.05) is 6.61 Å². The van der Waals surface area contributed by atoms with Crippen LogP contribution in [0.4, 0.5) is 10.1 Å². The van der Waals surface area contributed by atoms with Crippen LogP contribution in [-0.4, -0.2) is 27.4 Å². The van der Waals surface area contributed by atoms with Crippen LogP contribution in [0.5, 0.6) is 0 Å². The Labute approximate surface area is 105 Å². The largest absolute Gasteiger partial charge is 0.381 e. The fourth-order valence-electron chi connectivity index (χ4n) is 1.23. The zero-order valence-corrected chi connectivity index (χ0v) is 10.6. The molecule has 0 aliphatic heterocycles. The van der Waals surface area contributed by atoms with Gasteiger partial charge >= 0.3 is 0 Å². The topological polar surface area (TPSA) is 79.2 Å². The van der Waals surface area contributed by atoms with Crippen LogP contribution in [0.3, 0.4) is 0 Å². The molecule has 0 radical (unpaired) electrons. The van der Waals surface area contributed by atoms with Crippen LogP contribution in [0.25, 0.3) is 0 Å². The van der Waals surface area contributed by atoms with Crippen LogP contribution in [0.15, 0.2) is 18.2 Å². The Balaban J connectivity index is 2.81. The normalized spacial score (nSPS) is 10.9. The van der Waals surface area contributed by atoms with Gasteiger partial charge in [0.25, 0.3) is 0 Å². The van der Waals surface area contributed by atoms with Gasteiger partial charge in [-0.1, -0.05) is 0 Å². The molecule has 1 aromatic carbocycles. The fourth-order valence-corrected chi connectivity index (χ4v) is 2.18. The summed E-state index contributed by atoms with van der Waals surface area (Å²) in [5, 5.41) is 8.78. The first-order valence-electron chi connectivity index (χ1n) is 5.26. The summed E-state index contributed by atoms with van der Waals surface area (Å²) in [7, 11) is -3.60. The quantitative estimate of drug-likeness (QED) is 0.795. The van der Waals surface area contributed by atoms with Crippen molar-refractivity contribution in [2.24, 2.45) is 0 Å². The van der Waals surface area contributed by atoms with Gasteiger partial charge in [-0.15, -0.1) is 0 Å². The van der Waals surface area contributed by atoms with Crippen LogP contribution < -0.4 is 4.72 Å². The molecule has 1 aromatic rings. The highest BCUT2D eigenvalue weighted by Gasteiger charge is 2.13. The summed E-state index contributed by atoms with van der Waals surface area (Å²) in [6.07, 6.45) is 0. The molecule has 0 amide bonds. The average molecular weight is 272 g/mol. The van der Waals surface area contributed by atoms with Crippen molar-refractivity contribution in [1.29, 1.82) is 5.26 Å². The van der Waals surface area contributed by atoms with Crippen LogP contribution in [0.1, 0.15) is 12.5 Å². The second kappa shape index (κ2) is 6.33. The third-order valence-electron chi connectivity index (χ3n) is 2.07. The summed E-state index contributed by atoms with van der Waals surface area (Å²) in [6.45, 7) is 2.25. The Hall–Kier alpha value is -1.65. The van der Waals surface area contributed by atoms with Gasteiger partial charge in [0.2, 0.25) is 10.0 Å². The number of nitriles is 1. The number of halogens is 1. The maximum absolute atomic E-state index is 12.9. The molecule has 0 aliphatic carbocycles. The number of nitrogens with zero attached hydrogens (tertiary/aromatic N) is 1. The molecule has 7 heteroatoms. The highest BCUT2D eigenvalue weighted by Crippen LogP contribution is 2.17. The zero-order chi connectivity index (χ0) is 13.6. The van der Waals surface area contributed by atoms with Crippen molar-refractivity contribution in [2.45, 2.75) is 6.92 Å². The first kappa shape index (κ1) is 14.4. The summed E-state index contributed by atoms with van der Waals surface area (Å²) < 4.78 is 43.3. The summed E-state index contributed by atoms with van der Waals surface area (Å²) in [4.78, 5) is 0. The van der Waals surface area contributed by atoms with E-state index in [0.717, 1.165) is 12.1 Å². The number of hydrogen-bond donors (Lipinski definition) is 1. The third kappa shape index (κ3) is 4.31. The highest BCUT2D eigenvalue weighted by atomic mass is 32.2. The number of rotatable bonds is 6. The molecule has 5 nitrogen and oxygen atoms in total. The fraction of sp³-hybridized carbons (Fsp3) is 0.364. The molecular formula is C11H13FN2O3S. The van der Waals surface area contributed by atoms with Gasteiger partial charge in [-0.05, 0) is 25.1 Å². The zero-order valence-electron chi connectivity index (χ0n) is 9.81. The summed E-state index contributed by atoms with van der Waals surface area (Å²) in [6, 6.07) is 5.00. The highest BCUT2D eigenvalue weighted by molar-refractivity contribution is 7.92. The van der Waals surface area contributed by atoms with E-state index in [9.17, 15) is 12.8 Å². The number of nitrogens with one attached hydrogen (secondary N) is 1. The molecule has 0 unspecified atom stereocenters. The standard InChI is InChI=1S/C11H13FN2O3S/c1-2-17-5-6-18(15,16)14-11-4-3-10(12)7-9(11)8-13/h3-4,7,14H,2,5-6H2,1H3. The average Bonchev–Trinajstić information content (AvgIpc) is 2.31. The van der Waals surface area contributed by atoms with Gasteiger partial charge in [0.05, 0.1) is 23.6 Å². The Kier molecular flexibility index (Phi) is 5.07. The van der Waals surface area contributed by atoms with E-state index in [2.05, 4.69) is 4.72 Å². The predicted molar refractivity (Wildman–Crippen MR) is 65.0 cm³/mol. The molecule has 18 heavy (non-hydrogen) atoms. The summed E-state index contributed by atoms with van der Waals surface area (Å²) in [5.41, 5.74) is 0.00498. The molecule has 0 spiro atoms. The first-order chi connectivity index (χ1) is 8.48. The molecular weight excluding hydrogens is 259 g/mol. The molecule has 0 aromatic heterocycles. The van der Waals surface area contributed by atoms with E-state index >= 15 is 0 Å². The maximum atomic E-state index is 12.9. The van der Waals surface area contributed by atoms with Crippen molar-refractivity contribution in [1.82, 2.24) is 0 Å². The van der Waals surface area contributed by atoms with E-state index in [-0.39, 0.29) is 23.6 Å².